The number of nitrogens with two attached hydrogens (primary N) is 1. The minimum atomic E-state index is -0.225. The number of hydrogen-bond acceptors (Lipinski definition) is 2. The van der Waals surface area contributed by atoms with Crippen LogP contribution in [0.4, 0.5) is 0 Å². The lowest BCUT2D eigenvalue weighted by Gasteiger charge is -2.17. The predicted molar refractivity (Wildman–Crippen MR) is 51.2 cm³/mol. The van der Waals surface area contributed by atoms with Gasteiger partial charge in [-0.15, -0.1) is 0 Å². The van der Waals surface area contributed by atoms with E-state index in [2.05, 4.69) is 4.98 Å². The maximum atomic E-state index is 5.83. The highest BCUT2D eigenvalue weighted by atomic mass is 35.5. The van der Waals surface area contributed by atoms with Gasteiger partial charge in [-0.25, -0.2) is 0 Å². The first-order valence-electron chi connectivity index (χ1n) is 3.87. The third-order valence-corrected chi connectivity index (χ3v) is 1.65. The summed E-state index contributed by atoms with van der Waals surface area (Å²) < 4.78 is 0. The van der Waals surface area contributed by atoms with E-state index in [0.717, 1.165) is 12.1 Å². The summed E-state index contributed by atoms with van der Waals surface area (Å²) >= 11 is 5.79. The number of rotatable bonds is 2. The van der Waals surface area contributed by atoms with Crippen molar-refractivity contribution >= 4 is 11.6 Å². The van der Waals surface area contributed by atoms with Gasteiger partial charge in [-0.2, -0.15) is 0 Å². The van der Waals surface area contributed by atoms with Gasteiger partial charge in [0.05, 0.1) is 0 Å². The van der Waals surface area contributed by atoms with Crippen molar-refractivity contribution in [3.63, 3.8) is 0 Å². The smallest absolute Gasteiger partial charge is 0.0439 e. The average molecular weight is 185 g/mol. The summed E-state index contributed by atoms with van der Waals surface area (Å²) in [6, 6.07) is 3.60. The molecular weight excluding hydrogens is 172 g/mol. The summed E-state index contributed by atoms with van der Waals surface area (Å²) in [7, 11) is 0. The second-order valence-electron chi connectivity index (χ2n) is 3.63. The molecule has 0 radical (unpaired) electrons. The first-order valence-corrected chi connectivity index (χ1v) is 4.24. The van der Waals surface area contributed by atoms with Crippen LogP contribution >= 0.6 is 11.6 Å². The van der Waals surface area contributed by atoms with Crippen LogP contribution in [0.3, 0.4) is 0 Å². The highest BCUT2D eigenvalue weighted by molar-refractivity contribution is 6.30. The number of aromatic nitrogens is 1. The maximum Gasteiger partial charge on any atom is 0.0439 e. The summed E-state index contributed by atoms with van der Waals surface area (Å²) in [5.74, 6) is 0. The molecule has 1 aromatic rings. The summed E-state index contributed by atoms with van der Waals surface area (Å²) in [6.07, 6.45) is 2.44. The molecule has 0 spiro atoms. The Labute approximate surface area is 77.8 Å². The van der Waals surface area contributed by atoms with Gasteiger partial charge in [0.15, 0.2) is 0 Å². The van der Waals surface area contributed by atoms with E-state index in [1.165, 1.54) is 0 Å². The Morgan fingerprint density at radius 1 is 1.58 bits per heavy atom. The van der Waals surface area contributed by atoms with Crippen LogP contribution in [-0.4, -0.2) is 10.5 Å². The van der Waals surface area contributed by atoms with Gasteiger partial charge in [-0.05, 0) is 26.0 Å². The molecule has 1 rings (SSSR count). The van der Waals surface area contributed by atoms with Gasteiger partial charge in [0.2, 0.25) is 0 Å². The van der Waals surface area contributed by atoms with E-state index in [4.69, 9.17) is 17.3 Å². The summed E-state index contributed by atoms with van der Waals surface area (Å²) in [6.45, 7) is 3.94. The first-order chi connectivity index (χ1) is 5.47. The molecule has 0 bridgehead atoms. The zero-order valence-corrected chi connectivity index (χ0v) is 8.10. The molecule has 66 valence electrons. The van der Waals surface area contributed by atoms with Crippen molar-refractivity contribution in [1.29, 1.82) is 0 Å². The van der Waals surface area contributed by atoms with Crippen LogP contribution in [0.15, 0.2) is 18.3 Å². The van der Waals surface area contributed by atoms with Crippen molar-refractivity contribution in [3.05, 3.63) is 29.0 Å². The van der Waals surface area contributed by atoms with E-state index >= 15 is 0 Å². The third kappa shape index (κ3) is 3.20. The van der Waals surface area contributed by atoms with E-state index in [9.17, 15) is 0 Å². The van der Waals surface area contributed by atoms with Gasteiger partial charge in [-0.1, -0.05) is 11.6 Å². The van der Waals surface area contributed by atoms with Crippen LogP contribution in [0.2, 0.25) is 5.02 Å². The summed E-state index contributed by atoms with van der Waals surface area (Å²) in [5.41, 5.74) is 6.55. The van der Waals surface area contributed by atoms with Crippen LogP contribution in [-0.2, 0) is 6.42 Å². The second-order valence-corrected chi connectivity index (χ2v) is 4.07. The minimum Gasteiger partial charge on any atom is -0.325 e. The quantitative estimate of drug-likeness (QED) is 0.764. The Bertz CT molecular complexity index is 265. The number of pyridine rings is 1. The Hall–Kier alpha value is -0.600. The third-order valence-electron chi connectivity index (χ3n) is 1.42. The molecule has 3 heteroatoms. The molecule has 0 atom stereocenters. The van der Waals surface area contributed by atoms with Gasteiger partial charge in [0.25, 0.3) is 0 Å². The fraction of sp³-hybridized carbons (Fsp3) is 0.444. The van der Waals surface area contributed by atoms with Crippen LogP contribution in [0.25, 0.3) is 0 Å². The Morgan fingerprint density at radius 3 is 2.75 bits per heavy atom. The van der Waals surface area contributed by atoms with Gasteiger partial charge >= 0.3 is 0 Å². The zero-order valence-electron chi connectivity index (χ0n) is 7.34. The topological polar surface area (TPSA) is 38.9 Å². The number of halogens is 1. The average Bonchev–Trinajstić information content (AvgIpc) is 1.82. The SMILES string of the molecule is CC(C)(N)Cc1cc(Cl)ccn1. The fourth-order valence-corrected chi connectivity index (χ4v) is 1.19. The molecule has 0 aliphatic rings. The van der Waals surface area contributed by atoms with Crippen LogP contribution < -0.4 is 5.73 Å². The van der Waals surface area contributed by atoms with Gasteiger partial charge in [0, 0.05) is 28.9 Å². The molecule has 0 unspecified atom stereocenters. The molecular formula is C9H13ClN2. The molecule has 1 aromatic heterocycles. The zero-order chi connectivity index (χ0) is 9.19. The van der Waals surface area contributed by atoms with Crippen molar-refractivity contribution in [1.82, 2.24) is 4.98 Å². The van der Waals surface area contributed by atoms with Crippen molar-refractivity contribution < 1.29 is 0 Å². The van der Waals surface area contributed by atoms with Crippen LogP contribution in [0, 0.1) is 0 Å². The van der Waals surface area contributed by atoms with Crippen LogP contribution in [0.1, 0.15) is 19.5 Å². The predicted octanol–water partition coefficient (Wildman–Crippen LogP) is 2.01. The second kappa shape index (κ2) is 3.42. The molecule has 12 heavy (non-hydrogen) atoms. The van der Waals surface area contributed by atoms with Gasteiger partial charge in [0.1, 0.15) is 0 Å². The first kappa shape index (κ1) is 9.49. The molecule has 0 amide bonds. The van der Waals surface area contributed by atoms with Gasteiger partial charge in [-0.3, -0.25) is 4.98 Å². The van der Waals surface area contributed by atoms with E-state index in [1.54, 1.807) is 12.3 Å². The van der Waals surface area contributed by atoms with Crippen molar-refractivity contribution in [3.8, 4) is 0 Å². The molecule has 0 aliphatic heterocycles. The molecule has 2 N–H and O–H groups in total. The normalized spacial score (nSPS) is 11.7. The molecule has 0 aromatic carbocycles. The molecule has 0 fully saturated rings. The summed E-state index contributed by atoms with van der Waals surface area (Å²) in [4.78, 5) is 4.16. The van der Waals surface area contributed by atoms with Crippen LogP contribution in [0.5, 0.6) is 0 Å². The van der Waals surface area contributed by atoms with Crippen molar-refractivity contribution in [2.75, 3.05) is 0 Å². The largest absolute Gasteiger partial charge is 0.325 e. The molecule has 0 saturated carbocycles. The standard InChI is InChI=1S/C9H13ClN2/c1-9(2,11)6-8-5-7(10)3-4-12-8/h3-5H,6,11H2,1-2H3. The molecule has 0 saturated heterocycles. The Kier molecular flexibility index (Phi) is 2.70. The lowest BCUT2D eigenvalue weighted by molar-refractivity contribution is 0.510. The van der Waals surface area contributed by atoms with Crippen molar-refractivity contribution in [2.24, 2.45) is 5.73 Å². The molecule has 2 nitrogen and oxygen atoms in total. The number of nitrogens with zero attached hydrogens (tertiary/aromatic N) is 1. The van der Waals surface area contributed by atoms with E-state index < -0.39 is 0 Å². The molecule has 1 heterocycles. The molecule has 0 aliphatic carbocycles. The lowest BCUT2D eigenvalue weighted by Crippen LogP contribution is -2.34. The maximum absolute atomic E-state index is 5.83. The van der Waals surface area contributed by atoms with E-state index in [1.807, 2.05) is 19.9 Å². The fourth-order valence-electron chi connectivity index (χ4n) is 1.01. The highest BCUT2D eigenvalue weighted by Crippen LogP contribution is 2.12. The number of hydrogen-bond donors (Lipinski definition) is 1. The van der Waals surface area contributed by atoms with Gasteiger partial charge < -0.3 is 5.73 Å². The van der Waals surface area contributed by atoms with Crippen molar-refractivity contribution in [2.45, 2.75) is 25.8 Å². The lowest BCUT2D eigenvalue weighted by atomic mass is 10.00. The Balaban J connectivity index is 2.77. The van der Waals surface area contributed by atoms with E-state index in [0.29, 0.717) is 5.02 Å². The minimum absolute atomic E-state index is 0.225. The summed E-state index contributed by atoms with van der Waals surface area (Å²) in [5, 5.41) is 0.712. The highest BCUT2D eigenvalue weighted by Gasteiger charge is 2.12. The monoisotopic (exact) mass is 184 g/mol. The van der Waals surface area contributed by atoms with E-state index in [-0.39, 0.29) is 5.54 Å². The Morgan fingerprint density at radius 2 is 2.25 bits per heavy atom.